The first-order chi connectivity index (χ1) is 8.19. The molecule has 1 aromatic heterocycles. The van der Waals surface area contributed by atoms with Gasteiger partial charge in [-0.2, -0.15) is 0 Å². The summed E-state index contributed by atoms with van der Waals surface area (Å²) in [7, 11) is 1.42. The molecule has 4 nitrogen and oxygen atoms in total. The lowest BCUT2D eigenvalue weighted by atomic mass is 10.3. The molecule has 6 heteroatoms. The van der Waals surface area contributed by atoms with Crippen LogP contribution in [0.2, 0.25) is 0 Å². The van der Waals surface area contributed by atoms with Crippen molar-refractivity contribution in [2.75, 3.05) is 12.4 Å². The Kier molecular flexibility index (Phi) is 3.53. The smallest absolute Gasteiger partial charge is 0.227 e. The fourth-order valence-electron chi connectivity index (χ4n) is 1.25. The van der Waals surface area contributed by atoms with Crippen LogP contribution < -0.4 is 10.1 Å². The van der Waals surface area contributed by atoms with Crippen molar-refractivity contribution >= 4 is 27.6 Å². The monoisotopic (exact) mass is 297 g/mol. The Hall–Kier alpha value is -1.69. The van der Waals surface area contributed by atoms with Crippen molar-refractivity contribution < 1.29 is 9.13 Å². The van der Waals surface area contributed by atoms with Crippen LogP contribution in [0.15, 0.2) is 35.1 Å². The lowest BCUT2D eigenvalue weighted by Crippen LogP contribution is -1.97. The molecule has 1 aromatic carbocycles. The molecule has 0 saturated heterocycles. The molecule has 2 aromatic rings. The minimum Gasteiger partial charge on any atom is -0.494 e. The Bertz CT molecular complexity index is 519. The van der Waals surface area contributed by atoms with Gasteiger partial charge in [0.2, 0.25) is 5.95 Å². The number of halogens is 2. The first kappa shape index (κ1) is 11.8. The number of benzene rings is 1. The summed E-state index contributed by atoms with van der Waals surface area (Å²) in [6, 6.07) is 4.55. The molecule has 1 N–H and O–H groups in total. The van der Waals surface area contributed by atoms with E-state index < -0.39 is 5.82 Å². The van der Waals surface area contributed by atoms with Crippen LogP contribution in [0.5, 0.6) is 5.75 Å². The van der Waals surface area contributed by atoms with E-state index in [-0.39, 0.29) is 5.75 Å². The fraction of sp³-hybridized carbons (Fsp3) is 0.0909. The molecule has 0 atom stereocenters. The summed E-state index contributed by atoms with van der Waals surface area (Å²) in [5, 5.41) is 2.88. The van der Waals surface area contributed by atoms with E-state index in [1.165, 1.54) is 19.2 Å². The van der Waals surface area contributed by atoms with E-state index in [1.54, 1.807) is 18.5 Å². The molecule has 88 valence electrons. The normalized spacial score (nSPS) is 10.1. The van der Waals surface area contributed by atoms with Crippen molar-refractivity contribution in [1.82, 2.24) is 9.97 Å². The number of aromatic nitrogens is 2. The maximum Gasteiger partial charge on any atom is 0.227 e. The first-order valence-electron chi connectivity index (χ1n) is 4.77. The van der Waals surface area contributed by atoms with Gasteiger partial charge in [-0.25, -0.2) is 14.4 Å². The van der Waals surface area contributed by atoms with E-state index in [4.69, 9.17) is 4.74 Å². The first-order valence-corrected chi connectivity index (χ1v) is 5.56. The van der Waals surface area contributed by atoms with E-state index in [1.807, 2.05) is 0 Å². The highest BCUT2D eigenvalue weighted by molar-refractivity contribution is 9.10. The van der Waals surface area contributed by atoms with Gasteiger partial charge in [0.05, 0.1) is 11.6 Å². The largest absolute Gasteiger partial charge is 0.494 e. The van der Waals surface area contributed by atoms with Gasteiger partial charge >= 0.3 is 0 Å². The van der Waals surface area contributed by atoms with E-state index in [2.05, 4.69) is 31.2 Å². The van der Waals surface area contributed by atoms with Crippen molar-refractivity contribution in [1.29, 1.82) is 0 Å². The van der Waals surface area contributed by atoms with Crippen LogP contribution in [-0.4, -0.2) is 17.1 Å². The lowest BCUT2D eigenvalue weighted by Gasteiger charge is -2.06. The van der Waals surface area contributed by atoms with Crippen molar-refractivity contribution in [2.24, 2.45) is 0 Å². The third-order valence-electron chi connectivity index (χ3n) is 2.03. The number of anilines is 2. The Morgan fingerprint density at radius 1 is 1.29 bits per heavy atom. The number of ether oxygens (including phenoxy) is 1. The van der Waals surface area contributed by atoms with Gasteiger partial charge in [0.15, 0.2) is 11.6 Å². The van der Waals surface area contributed by atoms with Gasteiger partial charge in [0.25, 0.3) is 0 Å². The van der Waals surface area contributed by atoms with Gasteiger partial charge in [0.1, 0.15) is 0 Å². The minimum atomic E-state index is -0.436. The van der Waals surface area contributed by atoms with Crippen molar-refractivity contribution in [3.63, 3.8) is 0 Å². The third kappa shape index (κ3) is 2.91. The summed E-state index contributed by atoms with van der Waals surface area (Å²) in [4.78, 5) is 8.05. The zero-order valence-corrected chi connectivity index (χ0v) is 10.5. The quantitative estimate of drug-likeness (QED) is 0.945. The van der Waals surface area contributed by atoms with Crippen LogP contribution in [0.4, 0.5) is 16.0 Å². The van der Waals surface area contributed by atoms with Crippen LogP contribution in [0.25, 0.3) is 0 Å². The topological polar surface area (TPSA) is 47.0 Å². The summed E-state index contributed by atoms with van der Waals surface area (Å²) >= 11 is 3.23. The molecule has 0 bridgehead atoms. The minimum absolute atomic E-state index is 0.201. The Balaban J connectivity index is 2.19. The molecule has 0 aliphatic rings. The molecular formula is C11H9BrFN3O. The molecule has 0 aliphatic carbocycles. The van der Waals surface area contributed by atoms with E-state index in [0.29, 0.717) is 11.6 Å². The maximum atomic E-state index is 13.4. The average molecular weight is 298 g/mol. The lowest BCUT2D eigenvalue weighted by molar-refractivity contribution is 0.386. The van der Waals surface area contributed by atoms with Crippen LogP contribution in [0.3, 0.4) is 0 Å². The van der Waals surface area contributed by atoms with Crippen molar-refractivity contribution in [2.45, 2.75) is 0 Å². The molecule has 0 fully saturated rings. The van der Waals surface area contributed by atoms with Crippen LogP contribution >= 0.6 is 15.9 Å². The molecule has 0 saturated carbocycles. The second-order valence-corrected chi connectivity index (χ2v) is 4.11. The summed E-state index contributed by atoms with van der Waals surface area (Å²) in [6.07, 6.45) is 3.21. The second-order valence-electron chi connectivity index (χ2n) is 3.20. The zero-order valence-electron chi connectivity index (χ0n) is 8.95. The predicted octanol–water partition coefficient (Wildman–Crippen LogP) is 3.13. The van der Waals surface area contributed by atoms with Crippen LogP contribution in [-0.2, 0) is 0 Å². The van der Waals surface area contributed by atoms with Crippen LogP contribution in [0, 0.1) is 5.82 Å². The third-order valence-corrected chi connectivity index (χ3v) is 2.44. The number of nitrogens with zero attached hydrogens (tertiary/aromatic N) is 2. The molecule has 0 radical (unpaired) electrons. The SMILES string of the molecule is COc1ccc(Nc2ncc(Br)cn2)cc1F. The number of nitrogens with one attached hydrogen (secondary N) is 1. The van der Waals surface area contributed by atoms with Crippen LogP contribution in [0.1, 0.15) is 0 Å². The molecule has 0 amide bonds. The number of methoxy groups -OCH3 is 1. The molecular weight excluding hydrogens is 289 g/mol. The van der Waals surface area contributed by atoms with Gasteiger partial charge in [-0.3, -0.25) is 0 Å². The highest BCUT2D eigenvalue weighted by atomic mass is 79.9. The zero-order chi connectivity index (χ0) is 12.3. The van der Waals surface area contributed by atoms with Crippen molar-refractivity contribution in [3.05, 3.63) is 40.9 Å². The Morgan fingerprint density at radius 2 is 2.00 bits per heavy atom. The summed E-state index contributed by atoms with van der Waals surface area (Å²) in [6.45, 7) is 0. The summed E-state index contributed by atoms with van der Waals surface area (Å²) in [5.41, 5.74) is 0.561. The molecule has 1 heterocycles. The van der Waals surface area contributed by atoms with Crippen molar-refractivity contribution in [3.8, 4) is 5.75 Å². The molecule has 17 heavy (non-hydrogen) atoms. The van der Waals surface area contributed by atoms with Gasteiger partial charge in [-0.05, 0) is 28.1 Å². The predicted molar refractivity (Wildman–Crippen MR) is 66.0 cm³/mol. The van der Waals surface area contributed by atoms with Gasteiger partial charge in [-0.1, -0.05) is 0 Å². The molecule has 2 rings (SSSR count). The van der Waals surface area contributed by atoms with E-state index >= 15 is 0 Å². The van der Waals surface area contributed by atoms with E-state index in [9.17, 15) is 4.39 Å². The Morgan fingerprint density at radius 3 is 2.59 bits per heavy atom. The Labute approximate surface area is 106 Å². The second kappa shape index (κ2) is 5.09. The van der Waals surface area contributed by atoms with E-state index in [0.717, 1.165) is 4.47 Å². The molecule has 0 aliphatic heterocycles. The summed E-state index contributed by atoms with van der Waals surface area (Å²) in [5.74, 6) is 0.166. The maximum absolute atomic E-state index is 13.4. The van der Waals surface area contributed by atoms with Gasteiger partial charge in [0, 0.05) is 24.1 Å². The number of hydrogen-bond donors (Lipinski definition) is 1. The highest BCUT2D eigenvalue weighted by Gasteiger charge is 2.04. The van der Waals surface area contributed by atoms with Gasteiger partial charge < -0.3 is 10.1 Å². The standard InChI is InChI=1S/C11H9BrFN3O/c1-17-10-3-2-8(4-9(10)13)16-11-14-5-7(12)6-15-11/h2-6H,1H3,(H,14,15,16). The molecule has 0 spiro atoms. The highest BCUT2D eigenvalue weighted by Crippen LogP contribution is 2.22. The summed E-state index contributed by atoms with van der Waals surface area (Å²) < 4.78 is 19.0. The molecule has 0 unspecified atom stereocenters. The van der Waals surface area contributed by atoms with Gasteiger partial charge in [-0.15, -0.1) is 0 Å². The fourth-order valence-corrected chi connectivity index (χ4v) is 1.45. The number of hydrogen-bond acceptors (Lipinski definition) is 4. The number of rotatable bonds is 3. The average Bonchev–Trinajstić information content (AvgIpc) is 2.32.